The van der Waals surface area contributed by atoms with Crippen LogP contribution < -0.4 is 4.74 Å². The number of methoxy groups -OCH3 is 1. The van der Waals surface area contributed by atoms with E-state index in [0.717, 1.165) is 28.3 Å². The van der Waals surface area contributed by atoms with Crippen molar-refractivity contribution in [3.63, 3.8) is 0 Å². The molecule has 2 aromatic carbocycles. The van der Waals surface area contributed by atoms with Gasteiger partial charge in [0, 0.05) is 30.1 Å². The van der Waals surface area contributed by atoms with Crippen molar-refractivity contribution in [2.75, 3.05) is 7.11 Å². The van der Waals surface area contributed by atoms with Gasteiger partial charge >= 0.3 is 0 Å². The molecule has 0 spiro atoms. The Morgan fingerprint density at radius 1 is 1.00 bits per heavy atom. The van der Waals surface area contributed by atoms with Gasteiger partial charge in [-0.05, 0) is 65.3 Å². The Kier molecular flexibility index (Phi) is 5.87. The number of ketones is 1. The van der Waals surface area contributed by atoms with Crippen molar-refractivity contribution in [3.05, 3.63) is 95.9 Å². The lowest BCUT2D eigenvalue weighted by atomic mass is 10.0. The summed E-state index contributed by atoms with van der Waals surface area (Å²) in [5, 5.41) is 1.91. The van der Waals surface area contributed by atoms with Crippen LogP contribution in [0.25, 0.3) is 10.8 Å². The molecule has 5 rings (SSSR count). The molecule has 0 saturated heterocycles. The highest BCUT2D eigenvalue weighted by atomic mass is 32.2. The van der Waals surface area contributed by atoms with Gasteiger partial charge < -0.3 is 4.74 Å². The molecule has 1 aliphatic rings. The van der Waals surface area contributed by atoms with Crippen molar-refractivity contribution in [2.45, 2.75) is 29.4 Å². The number of rotatable bonds is 8. The molecule has 0 N–H and O–H groups in total. The van der Waals surface area contributed by atoms with E-state index in [1.807, 2.05) is 36.4 Å². The molecule has 0 aliphatic heterocycles. The number of carbonyl (C=O) groups is 1. The quantitative estimate of drug-likeness (QED) is 0.375. The maximum absolute atomic E-state index is 12.9. The first kappa shape index (κ1) is 22.2. The maximum Gasteiger partial charge on any atom is 0.221 e. The summed E-state index contributed by atoms with van der Waals surface area (Å²) < 4.78 is 30.7. The molecule has 1 aliphatic carbocycles. The van der Waals surface area contributed by atoms with E-state index < -0.39 is 9.84 Å². The topological polar surface area (TPSA) is 86.2 Å². The van der Waals surface area contributed by atoms with Crippen LogP contribution in [0, 0.1) is 5.92 Å². The molecular weight excluding hydrogens is 448 g/mol. The van der Waals surface area contributed by atoms with Gasteiger partial charge in [-0.2, -0.15) is 0 Å². The standard InChI is InChI=1S/C27H24N2O4S/c1-33-27-23-10-5-18(14-20(23)11-13-29-27)15-26(30)25-16-24(25)19-6-8-22(9-7-19)34(31,32)17-21-4-2-3-12-28-21/h2-14,24-25H,15-17H2,1H3/t24?,25-/m1/s1. The van der Waals surface area contributed by atoms with E-state index in [9.17, 15) is 13.2 Å². The third-order valence-electron chi connectivity index (χ3n) is 6.30. The maximum atomic E-state index is 12.9. The van der Waals surface area contributed by atoms with Gasteiger partial charge in [-0.1, -0.05) is 30.3 Å². The van der Waals surface area contributed by atoms with Crippen LogP contribution >= 0.6 is 0 Å². The lowest BCUT2D eigenvalue weighted by Crippen LogP contribution is -2.07. The zero-order chi connectivity index (χ0) is 23.7. The van der Waals surface area contributed by atoms with Crippen LogP contribution in [0.15, 0.2) is 84.0 Å². The van der Waals surface area contributed by atoms with E-state index in [0.29, 0.717) is 18.0 Å². The van der Waals surface area contributed by atoms with Crippen molar-refractivity contribution >= 4 is 26.4 Å². The van der Waals surface area contributed by atoms with Crippen molar-refractivity contribution in [1.82, 2.24) is 9.97 Å². The van der Waals surface area contributed by atoms with Crippen molar-refractivity contribution in [3.8, 4) is 5.88 Å². The molecule has 4 aromatic rings. The smallest absolute Gasteiger partial charge is 0.221 e. The highest BCUT2D eigenvalue weighted by molar-refractivity contribution is 7.90. The van der Waals surface area contributed by atoms with Crippen LogP contribution in [0.5, 0.6) is 5.88 Å². The SMILES string of the molecule is COc1nccc2cc(CC(=O)[C@@H]3CC3c3ccc(S(=O)(=O)Cc4ccccn4)cc3)ccc12. The number of sulfone groups is 1. The van der Waals surface area contributed by atoms with Crippen LogP contribution in [0.4, 0.5) is 0 Å². The Labute approximate surface area is 198 Å². The Morgan fingerprint density at radius 3 is 2.56 bits per heavy atom. The minimum atomic E-state index is -3.47. The van der Waals surface area contributed by atoms with Gasteiger partial charge in [-0.3, -0.25) is 9.78 Å². The van der Waals surface area contributed by atoms with Crippen LogP contribution in [-0.2, 0) is 26.8 Å². The first-order chi connectivity index (χ1) is 16.4. The Morgan fingerprint density at radius 2 is 1.82 bits per heavy atom. The summed E-state index contributed by atoms with van der Waals surface area (Å²) in [4.78, 5) is 21.5. The first-order valence-electron chi connectivity index (χ1n) is 11.1. The minimum Gasteiger partial charge on any atom is -0.481 e. The number of nitrogens with zero attached hydrogens (tertiary/aromatic N) is 2. The number of hydrogen-bond acceptors (Lipinski definition) is 6. The largest absolute Gasteiger partial charge is 0.481 e. The fraction of sp³-hybridized carbons (Fsp3) is 0.222. The molecule has 0 amide bonds. The third kappa shape index (κ3) is 4.56. The van der Waals surface area contributed by atoms with E-state index in [1.54, 1.807) is 49.8 Å². The molecule has 6 nitrogen and oxygen atoms in total. The zero-order valence-electron chi connectivity index (χ0n) is 18.7. The molecule has 2 atom stereocenters. The number of benzene rings is 2. The molecule has 34 heavy (non-hydrogen) atoms. The number of fused-ring (bicyclic) bond motifs is 1. The van der Waals surface area contributed by atoms with Gasteiger partial charge in [0.25, 0.3) is 0 Å². The lowest BCUT2D eigenvalue weighted by Gasteiger charge is -2.07. The molecule has 2 aromatic heterocycles. The van der Waals surface area contributed by atoms with Crippen molar-refractivity contribution in [1.29, 1.82) is 0 Å². The highest BCUT2D eigenvalue weighted by Gasteiger charge is 2.43. The van der Waals surface area contributed by atoms with Crippen LogP contribution in [0.3, 0.4) is 0 Å². The third-order valence-corrected chi connectivity index (χ3v) is 7.97. The van der Waals surface area contributed by atoms with Gasteiger partial charge in [0.05, 0.1) is 23.5 Å². The number of aromatic nitrogens is 2. The second-order valence-corrected chi connectivity index (χ2v) is 10.6. The molecule has 2 heterocycles. The van der Waals surface area contributed by atoms with Gasteiger partial charge in [0.1, 0.15) is 5.78 Å². The fourth-order valence-electron chi connectivity index (χ4n) is 4.41. The second-order valence-electron chi connectivity index (χ2n) is 8.62. The number of Topliss-reactive ketones (excluding diaryl/α,β-unsaturated/α-hetero) is 1. The number of hydrogen-bond donors (Lipinski definition) is 0. The minimum absolute atomic E-state index is 0.0290. The van der Waals surface area contributed by atoms with Crippen molar-refractivity contribution in [2.24, 2.45) is 5.92 Å². The van der Waals surface area contributed by atoms with Crippen LogP contribution in [0.2, 0.25) is 0 Å². The summed E-state index contributed by atoms with van der Waals surface area (Å²) in [5.41, 5.74) is 2.49. The van der Waals surface area contributed by atoms with Crippen molar-refractivity contribution < 1.29 is 17.9 Å². The highest BCUT2D eigenvalue weighted by Crippen LogP contribution is 2.48. The summed E-state index contributed by atoms with van der Waals surface area (Å²) in [7, 11) is -1.88. The molecular formula is C27H24N2O4S. The summed E-state index contributed by atoms with van der Waals surface area (Å²) >= 11 is 0. The van der Waals surface area contributed by atoms with Gasteiger partial charge in [0.2, 0.25) is 5.88 Å². The molecule has 0 bridgehead atoms. The first-order valence-corrected chi connectivity index (χ1v) is 12.8. The summed E-state index contributed by atoms with van der Waals surface area (Å²) in [6.45, 7) is 0. The molecule has 1 unspecified atom stereocenters. The predicted molar refractivity (Wildman–Crippen MR) is 129 cm³/mol. The van der Waals surface area contributed by atoms with E-state index >= 15 is 0 Å². The Balaban J connectivity index is 1.24. The average Bonchev–Trinajstić information content (AvgIpc) is 3.65. The number of ether oxygens (including phenoxy) is 1. The molecule has 1 saturated carbocycles. The summed E-state index contributed by atoms with van der Waals surface area (Å²) in [6, 6.07) is 20.0. The molecule has 0 radical (unpaired) electrons. The Bertz CT molecular complexity index is 1450. The molecule has 172 valence electrons. The number of carbonyl (C=O) groups excluding carboxylic acids is 1. The average molecular weight is 473 g/mol. The number of pyridine rings is 2. The van der Waals surface area contributed by atoms with Gasteiger partial charge in [-0.15, -0.1) is 0 Å². The molecule has 7 heteroatoms. The Hall–Kier alpha value is -3.58. The summed E-state index contributed by atoms with van der Waals surface area (Å²) in [6.07, 6.45) is 4.45. The normalized spacial score (nSPS) is 17.4. The van der Waals surface area contributed by atoms with E-state index in [4.69, 9.17) is 4.74 Å². The van der Waals surface area contributed by atoms with E-state index in [2.05, 4.69) is 9.97 Å². The monoisotopic (exact) mass is 472 g/mol. The van der Waals surface area contributed by atoms with Gasteiger partial charge in [0.15, 0.2) is 9.84 Å². The second kappa shape index (κ2) is 8.99. The van der Waals surface area contributed by atoms with Crippen LogP contribution in [-0.4, -0.2) is 31.3 Å². The summed E-state index contributed by atoms with van der Waals surface area (Å²) in [5.74, 6) is 0.759. The lowest BCUT2D eigenvalue weighted by molar-refractivity contribution is -0.119. The molecule has 1 fully saturated rings. The van der Waals surface area contributed by atoms with E-state index in [1.165, 1.54) is 0 Å². The predicted octanol–water partition coefficient (Wildman–Crippen LogP) is 4.53. The van der Waals surface area contributed by atoms with Gasteiger partial charge in [-0.25, -0.2) is 13.4 Å². The van der Waals surface area contributed by atoms with E-state index in [-0.39, 0.29) is 28.3 Å². The zero-order valence-corrected chi connectivity index (χ0v) is 19.5. The fourth-order valence-corrected chi connectivity index (χ4v) is 5.69. The van der Waals surface area contributed by atoms with Crippen LogP contribution in [0.1, 0.15) is 29.2 Å².